The van der Waals surface area contributed by atoms with Gasteiger partial charge >= 0.3 is 0 Å². The third-order valence-electron chi connectivity index (χ3n) is 2.96. The molecule has 0 radical (unpaired) electrons. The molecule has 0 aliphatic heterocycles. The van der Waals surface area contributed by atoms with Crippen molar-refractivity contribution in [3.63, 3.8) is 0 Å². The van der Waals surface area contributed by atoms with E-state index in [2.05, 4.69) is 32.3 Å². The number of carbonyl (C=O) groups is 2. The maximum atomic E-state index is 11.5. The van der Waals surface area contributed by atoms with Gasteiger partial charge in [0.05, 0.1) is 0 Å². The summed E-state index contributed by atoms with van der Waals surface area (Å²) in [6, 6.07) is 0.373. The predicted molar refractivity (Wildman–Crippen MR) is 70.7 cm³/mol. The summed E-state index contributed by atoms with van der Waals surface area (Å²) < 4.78 is 0. The van der Waals surface area contributed by atoms with E-state index in [0.29, 0.717) is 18.9 Å². The Bertz CT molecular complexity index is 295. The van der Waals surface area contributed by atoms with Crippen LogP contribution in [-0.4, -0.2) is 29.1 Å². The first kappa shape index (κ1) is 15.9. The molecule has 0 heterocycles. The number of rotatable bonds is 8. The van der Waals surface area contributed by atoms with Crippen molar-refractivity contribution in [3.8, 4) is 0 Å². The van der Waals surface area contributed by atoms with Crippen LogP contribution in [0.15, 0.2) is 12.3 Å². The summed E-state index contributed by atoms with van der Waals surface area (Å²) in [4.78, 5) is 24.8. The van der Waals surface area contributed by atoms with E-state index in [1.165, 1.54) is 6.92 Å². The second kappa shape index (κ2) is 7.25. The monoisotopic (exact) mass is 239 g/mol. The fourth-order valence-electron chi connectivity index (χ4n) is 2.06. The van der Waals surface area contributed by atoms with E-state index in [9.17, 15) is 9.59 Å². The standard InChI is InChI=1S/C14H25NO2/c1-7-15(10(2)3)11(4)8-14(13(6)17)9-12(5)16/h10,14H,4,7-9H2,1-3,5-6H3. The van der Waals surface area contributed by atoms with Gasteiger partial charge < -0.3 is 9.69 Å². The van der Waals surface area contributed by atoms with Gasteiger partial charge in [0.25, 0.3) is 0 Å². The van der Waals surface area contributed by atoms with Crippen LogP contribution in [0, 0.1) is 5.92 Å². The molecule has 0 rings (SSSR count). The number of ketones is 2. The Morgan fingerprint density at radius 2 is 1.71 bits per heavy atom. The van der Waals surface area contributed by atoms with E-state index in [1.807, 2.05) is 0 Å². The summed E-state index contributed by atoms with van der Waals surface area (Å²) in [6.07, 6.45) is 0.908. The Morgan fingerprint density at radius 1 is 1.18 bits per heavy atom. The molecule has 0 aromatic carbocycles. The van der Waals surface area contributed by atoms with Gasteiger partial charge in [-0.3, -0.25) is 4.79 Å². The summed E-state index contributed by atoms with van der Waals surface area (Å²) in [6.45, 7) is 14.3. The molecule has 0 saturated heterocycles. The van der Waals surface area contributed by atoms with Gasteiger partial charge in [0, 0.05) is 30.6 Å². The van der Waals surface area contributed by atoms with Crippen LogP contribution in [-0.2, 0) is 9.59 Å². The van der Waals surface area contributed by atoms with Crippen molar-refractivity contribution in [2.24, 2.45) is 5.92 Å². The minimum absolute atomic E-state index is 0.0607. The average molecular weight is 239 g/mol. The van der Waals surface area contributed by atoms with Crippen molar-refractivity contribution in [3.05, 3.63) is 12.3 Å². The lowest BCUT2D eigenvalue weighted by Gasteiger charge is -2.31. The highest BCUT2D eigenvalue weighted by atomic mass is 16.1. The second-order valence-electron chi connectivity index (χ2n) is 4.86. The third-order valence-corrected chi connectivity index (χ3v) is 2.96. The molecule has 0 aliphatic carbocycles. The Hall–Kier alpha value is -1.12. The Morgan fingerprint density at radius 3 is 2.00 bits per heavy atom. The summed E-state index contributed by atoms with van der Waals surface area (Å²) in [7, 11) is 0. The zero-order valence-electron chi connectivity index (χ0n) is 11.7. The first-order chi connectivity index (χ1) is 7.79. The van der Waals surface area contributed by atoms with Crippen molar-refractivity contribution in [2.75, 3.05) is 6.54 Å². The van der Waals surface area contributed by atoms with Crippen molar-refractivity contribution >= 4 is 11.6 Å². The lowest BCUT2D eigenvalue weighted by molar-refractivity contribution is -0.125. The van der Waals surface area contributed by atoms with Crippen LogP contribution in [0.4, 0.5) is 0 Å². The van der Waals surface area contributed by atoms with Gasteiger partial charge in [-0.25, -0.2) is 0 Å². The molecular weight excluding hydrogens is 214 g/mol. The van der Waals surface area contributed by atoms with Gasteiger partial charge in [0.2, 0.25) is 0 Å². The third kappa shape index (κ3) is 5.66. The van der Waals surface area contributed by atoms with Gasteiger partial charge in [0.15, 0.2) is 0 Å². The Kier molecular flexibility index (Phi) is 6.78. The summed E-state index contributed by atoms with van der Waals surface area (Å²) in [5.41, 5.74) is 0.948. The van der Waals surface area contributed by atoms with E-state index in [0.717, 1.165) is 12.2 Å². The molecular formula is C14H25NO2. The number of Topliss-reactive ketones (excluding diaryl/α,β-unsaturated/α-hetero) is 2. The van der Waals surface area contributed by atoms with Crippen molar-refractivity contribution in [1.82, 2.24) is 4.90 Å². The van der Waals surface area contributed by atoms with Crippen LogP contribution in [0.2, 0.25) is 0 Å². The first-order valence-corrected chi connectivity index (χ1v) is 6.23. The van der Waals surface area contributed by atoms with Crippen LogP contribution in [0.1, 0.15) is 47.5 Å². The molecule has 0 spiro atoms. The number of hydrogen-bond acceptors (Lipinski definition) is 3. The first-order valence-electron chi connectivity index (χ1n) is 6.23. The van der Waals surface area contributed by atoms with E-state index in [-0.39, 0.29) is 17.5 Å². The van der Waals surface area contributed by atoms with E-state index in [1.54, 1.807) is 6.92 Å². The predicted octanol–water partition coefficient (Wildman–Crippen LogP) is 2.80. The van der Waals surface area contributed by atoms with Crippen molar-refractivity contribution in [1.29, 1.82) is 0 Å². The van der Waals surface area contributed by atoms with Gasteiger partial charge in [-0.2, -0.15) is 0 Å². The molecule has 0 amide bonds. The fourth-order valence-corrected chi connectivity index (χ4v) is 2.06. The molecule has 0 aliphatic rings. The molecule has 0 N–H and O–H groups in total. The SMILES string of the molecule is C=C(CC(CC(C)=O)C(C)=O)N(CC)C(C)C. The Balaban J connectivity index is 4.59. The maximum Gasteiger partial charge on any atom is 0.133 e. The highest BCUT2D eigenvalue weighted by Gasteiger charge is 2.20. The minimum atomic E-state index is -0.215. The summed E-state index contributed by atoms with van der Waals surface area (Å²) in [5.74, 6) is -0.0837. The smallest absolute Gasteiger partial charge is 0.133 e. The largest absolute Gasteiger partial charge is 0.373 e. The quantitative estimate of drug-likeness (QED) is 0.653. The average Bonchev–Trinajstić information content (AvgIpc) is 2.15. The number of nitrogens with zero attached hydrogens (tertiary/aromatic N) is 1. The molecule has 98 valence electrons. The molecule has 1 unspecified atom stereocenters. The van der Waals surface area contributed by atoms with Gasteiger partial charge in [0.1, 0.15) is 11.6 Å². The molecule has 3 heteroatoms. The lowest BCUT2D eigenvalue weighted by atomic mass is 9.93. The Labute approximate surface area is 105 Å². The van der Waals surface area contributed by atoms with Gasteiger partial charge in [-0.1, -0.05) is 6.58 Å². The molecule has 0 aromatic rings. The molecule has 0 bridgehead atoms. The van der Waals surface area contributed by atoms with Gasteiger partial charge in [-0.15, -0.1) is 0 Å². The summed E-state index contributed by atoms with van der Waals surface area (Å²) >= 11 is 0. The highest BCUT2D eigenvalue weighted by Crippen LogP contribution is 2.20. The molecule has 3 nitrogen and oxygen atoms in total. The van der Waals surface area contributed by atoms with Crippen LogP contribution in [0.25, 0.3) is 0 Å². The van der Waals surface area contributed by atoms with E-state index in [4.69, 9.17) is 0 Å². The molecule has 0 fully saturated rings. The molecule has 1 atom stereocenters. The zero-order valence-corrected chi connectivity index (χ0v) is 11.7. The van der Waals surface area contributed by atoms with Gasteiger partial charge in [-0.05, 0) is 41.0 Å². The normalized spacial score (nSPS) is 12.4. The number of hydrogen-bond donors (Lipinski definition) is 0. The van der Waals surface area contributed by atoms with Crippen LogP contribution in [0.3, 0.4) is 0 Å². The van der Waals surface area contributed by atoms with Crippen LogP contribution < -0.4 is 0 Å². The topological polar surface area (TPSA) is 37.4 Å². The summed E-state index contributed by atoms with van der Waals surface area (Å²) in [5, 5.41) is 0. The lowest BCUT2D eigenvalue weighted by Crippen LogP contribution is -2.31. The zero-order chi connectivity index (χ0) is 13.6. The minimum Gasteiger partial charge on any atom is -0.373 e. The highest BCUT2D eigenvalue weighted by molar-refractivity contribution is 5.85. The number of allylic oxidation sites excluding steroid dienone is 1. The molecule has 0 saturated carbocycles. The molecule has 0 aromatic heterocycles. The van der Waals surface area contributed by atoms with E-state index < -0.39 is 0 Å². The van der Waals surface area contributed by atoms with Crippen LogP contribution in [0.5, 0.6) is 0 Å². The maximum absolute atomic E-state index is 11.5. The van der Waals surface area contributed by atoms with E-state index >= 15 is 0 Å². The second-order valence-corrected chi connectivity index (χ2v) is 4.86. The molecule has 17 heavy (non-hydrogen) atoms. The fraction of sp³-hybridized carbons (Fsp3) is 0.714. The van der Waals surface area contributed by atoms with Crippen molar-refractivity contribution < 1.29 is 9.59 Å². The number of carbonyl (C=O) groups excluding carboxylic acids is 2. The van der Waals surface area contributed by atoms with Crippen molar-refractivity contribution in [2.45, 2.75) is 53.5 Å². The van der Waals surface area contributed by atoms with Crippen LogP contribution >= 0.6 is 0 Å².